The van der Waals surface area contributed by atoms with Crippen LogP contribution in [-0.2, 0) is 14.9 Å². The molecule has 1 unspecified atom stereocenters. The van der Waals surface area contributed by atoms with Crippen LogP contribution in [0.15, 0.2) is 78.9 Å². The van der Waals surface area contributed by atoms with Crippen LogP contribution in [0.5, 0.6) is 5.75 Å². The normalized spacial score (nSPS) is 16.0. The Morgan fingerprint density at radius 3 is 2.05 bits per heavy atom. The highest BCUT2D eigenvalue weighted by Gasteiger charge is 2.32. The molecule has 202 valence electrons. The number of hydrogen-bond donors (Lipinski definition) is 3. The number of phenols is 1. The highest BCUT2D eigenvalue weighted by Crippen LogP contribution is 2.34. The average molecular weight is 518 g/mol. The molecule has 38 heavy (non-hydrogen) atoms. The SMILES string of the molecule is CC(C)(C(=O)O)c1ccc(C(O)CCCN2CCC(OC(c3ccccc3)c3ccccc3)CC2)cc1O. The van der Waals surface area contributed by atoms with Crippen LogP contribution < -0.4 is 0 Å². The van der Waals surface area contributed by atoms with E-state index in [9.17, 15) is 20.1 Å². The Hall–Kier alpha value is -3.19. The lowest BCUT2D eigenvalue weighted by atomic mass is 9.83. The van der Waals surface area contributed by atoms with Crippen molar-refractivity contribution in [3.05, 3.63) is 101 Å². The number of hydrogen-bond acceptors (Lipinski definition) is 5. The second kappa shape index (κ2) is 12.6. The average Bonchev–Trinajstić information content (AvgIpc) is 2.93. The number of carbonyl (C=O) groups is 1. The first-order chi connectivity index (χ1) is 18.3. The summed E-state index contributed by atoms with van der Waals surface area (Å²) in [6, 6.07) is 25.6. The Labute approximate surface area is 225 Å². The van der Waals surface area contributed by atoms with Crippen LogP contribution in [0.1, 0.15) is 74.0 Å². The first-order valence-corrected chi connectivity index (χ1v) is 13.5. The molecule has 6 heteroatoms. The van der Waals surface area contributed by atoms with Gasteiger partial charge in [-0.1, -0.05) is 72.8 Å². The van der Waals surface area contributed by atoms with E-state index in [0.29, 0.717) is 17.5 Å². The molecule has 0 aromatic heterocycles. The summed E-state index contributed by atoms with van der Waals surface area (Å²) >= 11 is 0. The number of ether oxygens (including phenoxy) is 1. The van der Waals surface area contributed by atoms with Crippen molar-refractivity contribution in [2.45, 2.75) is 63.3 Å². The number of rotatable bonds is 11. The molecule has 0 aliphatic carbocycles. The molecule has 3 aromatic rings. The van der Waals surface area contributed by atoms with E-state index in [1.54, 1.807) is 26.0 Å². The second-order valence-electron chi connectivity index (χ2n) is 10.7. The first-order valence-electron chi connectivity index (χ1n) is 13.5. The van der Waals surface area contributed by atoms with Gasteiger partial charge in [0, 0.05) is 18.7 Å². The van der Waals surface area contributed by atoms with Gasteiger partial charge in [0.1, 0.15) is 11.9 Å². The van der Waals surface area contributed by atoms with Crippen LogP contribution in [0.4, 0.5) is 0 Å². The molecule has 3 N–H and O–H groups in total. The predicted octanol–water partition coefficient (Wildman–Crippen LogP) is 5.84. The molecule has 0 bridgehead atoms. The Bertz CT molecular complexity index is 1130. The van der Waals surface area contributed by atoms with Crippen molar-refractivity contribution >= 4 is 5.97 Å². The van der Waals surface area contributed by atoms with Crippen LogP contribution in [0.2, 0.25) is 0 Å². The number of aliphatic hydroxyl groups excluding tert-OH is 1. The Balaban J connectivity index is 1.25. The molecule has 4 rings (SSSR count). The number of phenolic OH excluding ortho intramolecular Hbond substituents is 1. The van der Waals surface area contributed by atoms with Crippen molar-refractivity contribution in [3.8, 4) is 5.75 Å². The summed E-state index contributed by atoms with van der Waals surface area (Å²) in [7, 11) is 0. The number of carboxylic acid groups (broad SMARTS) is 1. The standard InChI is InChI=1S/C32H39NO5/c1-32(2,31(36)37)27-16-15-25(22-29(27)35)28(34)14-9-19-33-20-17-26(18-21-33)38-30(23-10-5-3-6-11-23)24-12-7-4-8-13-24/h3-8,10-13,15-16,22,26,28,30,34-35H,9,14,17-21H2,1-2H3,(H,36,37). The minimum absolute atomic E-state index is 0.0759. The molecule has 1 heterocycles. The zero-order valence-corrected chi connectivity index (χ0v) is 22.3. The zero-order valence-electron chi connectivity index (χ0n) is 22.3. The number of likely N-dealkylation sites (tertiary alicyclic amines) is 1. The zero-order chi connectivity index (χ0) is 27.1. The lowest BCUT2D eigenvalue weighted by Crippen LogP contribution is -2.38. The van der Waals surface area contributed by atoms with Crippen LogP contribution in [-0.4, -0.2) is 51.9 Å². The number of aliphatic carboxylic acids is 1. The van der Waals surface area contributed by atoms with Crippen LogP contribution >= 0.6 is 0 Å². The van der Waals surface area contributed by atoms with Gasteiger partial charge in [0.15, 0.2) is 0 Å². The van der Waals surface area contributed by atoms with Gasteiger partial charge in [-0.3, -0.25) is 4.79 Å². The fourth-order valence-corrected chi connectivity index (χ4v) is 5.14. The maximum Gasteiger partial charge on any atom is 0.313 e. The van der Waals surface area contributed by atoms with E-state index in [1.165, 1.54) is 17.2 Å². The largest absolute Gasteiger partial charge is 0.508 e. The summed E-state index contributed by atoms with van der Waals surface area (Å²) in [4.78, 5) is 13.9. The van der Waals surface area contributed by atoms with Gasteiger partial charge in [0.2, 0.25) is 0 Å². The molecule has 1 aliphatic rings. The molecule has 6 nitrogen and oxygen atoms in total. The number of piperidine rings is 1. The van der Waals surface area contributed by atoms with E-state index in [0.717, 1.165) is 38.9 Å². The Morgan fingerprint density at radius 2 is 1.53 bits per heavy atom. The maximum absolute atomic E-state index is 11.5. The quantitative estimate of drug-likeness (QED) is 0.296. The maximum atomic E-state index is 11.5. The molecular weight excluding hydrogens is 478 g/mol. The van der Waals surface area contributed by atoms with Crippen LogP contribution in [0.25, 0.3) is 0 Å². The summed E-state index contributed by atoms with van der Waals surface area (Å²) in [6.07, 6.45) is 2.74. The number of carboxylic acids is 1. The van der Waals surface area contributed by atoms with Crippen molar-refractivity contribution in [1.29, 1.82) is 0 Å². The van der Waals surface area contributed by atoms with Crippen molar-refractivity contribution in [1.82, 2.24) is 4.90 Å². The van der Waals surface area contributed by atoms with Gasteiger partial charge in [0.05, 0.1) is 17.6 Å². The molecule has 1 fully saturated rings. The summed E-state index contributed by atoms with van der Waals surface area (Å²) in [6.45, 7) is 5.91. The van der Waals surface area contributed by atoms with E-state index in [2.05, 4.69) is 53.4 Å². The topological polar surface area (TPSA) is 90.2 Å². The van der Waals surface area contributed by atoms with Gasteiger partial charge in [-0.05, 0) is 68.8 Å². The van der Waals surface area contributed by atoms with E-state index in [-0.39, 0.29) is 18.0 Å². The monoisotopic (exact) mass is 517 g/mol. The third-order valence-electron chi connectivity index (χ3n) is 7.63. The van der Waals surface area contributed by atoms with Gasteiger partial charge in [-0.15, -0.1) is 0 Å². The summed E-state index contributed by atoms with van der Waals surface area (Å²) in [5.41, 5.74) is 2.08. The third kappa shape index (κ3) is 6.81. The third-order valence-corrected chi connectivity index (χ3v) is 7.63. The molecule has 1 saturated heterocycles. The Morgan fingerprint density at radius 1 is 0.947 bits per heavy atom. The van der Waals surface area contributed by atoms with Crippen molar-refractivity contribution in [3.63, 3.8) is 0 Å². The number of aromatic hydroxyl groups is 1. The predicted molar refractivity (Wildman–Crippen MR) is 148 cm³/mol. The fourth-order valence-electron chi connectivity index (χ4n) is 5.14. The summed E-state index contributed by atoms with van der Waals surface area (Å²) in [5.74, 6) is -1.11. The summed E-state index contributed by atoms with van der Waals surface area (Å²) < 4.78 is 6.64. The molecule has 1 atom stereocenters. The minimum Gasteiger partial charge on any atom is -0.508 e. The van der Waals surface area contributed by atoms with Gasteiger partial charge < -0.3 is 25.0 Å². The van der Waals surface area contributed by atoms with Gasteiger partial charge in [0.25, 0.3) is 0 Å². The van der Waals surface area contributed by atoms with Crippen molar-refractivity contribution < 1.29 is 24.9 Å². The van der Waals surface area contributed by atoms with Crippen LogP contribution in [0, 0.1) is 0 Å². The molecule has 0 spiro atoms. The van der Waals surface area contributed by atoms with Crippen LogP contribution in [0.3, 0.4) is 0 Å². The van der Waals surface area contributed by atoms with Gasteiger partial charge in [-0.25, -0.2) is 0 Å². The lowest BCUT2D eigenvalue weighted by Gasteiger charge is -2.34. The molecule has 0 amide bonds. The van der Waals surface area contributed by atoms with E-state index in [4.69, 9.17) is 4.74 Å². The molecule has 1 aliphatic heterocycles. The molecule has 0 radical (unpaired) electrons. The first kappa shape index (κ1) is 27.8. The highest BCUT2D eigenvalue weighted by molar-refractivity contribution is 5.81. The van der Waals surface area contributed by atoms with E-state index >= 15 is 0 Å². The number of benzene rings is 3. The lowest BCUT2D eigenvalue weighted by molar-refractivity contribution is -0.142. The van der Waals surface area contributed by atoms with Crippen molar-refractivity contribution in [2.75, 3.05) is 19.6 Å². The van der Waals surface area contributed by atoms with Gasteiger partial charge in [-0.2, -0.15) is 0 Å². The van der Waals surface area contributed by atoms with Crippen molar-refractivity contribution in [2.24, 2.45) is 0 Å². The highest BCUT2D eigenvalue weighted by atomic mass is 16.5. The second-order valence-corrected chi connectivity index (χ2v) is 10.7. The van der Waals surface area contributed by atoms with Gasteiger partial charge >= 0.3 is 5.97 Å². The smallest absolute Gasteiger partial charge is 0.313 e. The molecular formula is C32H39NO5. The Kier molecular flexibility index (Phi) is 9.21. The summed E-state index contributed by atoms with van der Waals surface area (Å²) in [5, 5.41) is 30.5. The van der Waals surface area contributed by atoms with E-state index in [1.807, 2.05) is 12.1 Å². The fraction of sp³-hybridized carbons (Fsp3) is 0.406. The van der Waals surface area contributed by atoms with E-state index < -0.39 is 17.5 Å². The number of aliphatic hydroxyl groups is 1. The number of nitrogens with zero attached hydrogens (tertiary/aromatic N) is 1. The minimum atomic E-state index is -1.20. The molecule has 0 saturated carbocycles. The molecule has 3 aromatic carbocycles.